The fraction of sp³-hybridized carbons (Fsp3) is 0.359. The second-order valence-electron chi connectivity index (χ2n) is 12.9. The van der Waals surface area contributed by atoms with Crippen LogP contribution in [0, 0.1) is 0 Å². The number of hydrogen-bond acceptors (Lipinski definition) is 0. The third kappa shape index (κ3) is 4.07. The van der Waals surface area contributed by atoms with E-state index < -0.39 is 0 Å². The summed E-state index contributed by atoms with van der Waals surface area (Å²) in [6.07, 6.45) is 14.5. The molecular formula is C39H38N2. The molecule has 204 valence electrons. The highest BCUT2D eigenvalue weighted by Gasteiger charge is 2.38. The van der Waals surface area contributed by atoms with Gasteiger partial charge in [0.05, 0.1) is 11.1 Å². The molecule has 0 unspecified atom stereocenters. The van der Waals surface area contributed by atoms with Crippen molar-refractivity contribution in [3.05, 3.63) is 123 Å². The molecule has 0 aliphatic heterocycles. The summed E-state index contributed by atoms with van der Waals surface area (Å²) in [5.74, 6) is 1.05. The summed E-state index contributed by atoms with van der Waals surface area (Å²) in [7, 11) is 0. The van der Waals surface area contributed by atoms with Crippen LogP contribution >= 0.6 is 0 Å². The normalized spacial score (nSPS) is 17.9. The van der Waals surface area contributed by atoms with Crippen molar-refractivity contribution in [2.75, 3.05) is 0 Å². The molecule has 4 aromatic rings. The SMILES string of the molecule is [N-]=[N+]=C(c1c(C2CCCCC2)ccc2c1Cc1ccccc1-2)c1c(C2CCCCC2)ccc2c1Cc1ccccc1-2. The molecule has 2 fully saturated rings. The van der Waals surface area contributed by atoms with E-state index in [9.17, 15) is 5.53 Å². The Labute approximate surface area is 244 Å². The third-order valence-electron chi connectivity index (χ3n) is 10.7. The molecule has 0 radical (unpaired) electrons. The zero-order chi connectivity index (χ0) is 27.3. The number of rotatable bonds is 4. The third-order valence-corrected chi connectivity index (χ3v) is 10.7. The van der Waals surface area contributed by atoms with E-state index >= 15 is 0 Å². The lowest BCUT2D eigenvalue weighted by atomic mass is 9.75. The molecule has 4 aliphatic carbocycles. The van der Waals surface area contributed by atoms with Crippen molar-refractivity contribution in [1.82, 2.24) is 0 Å². The zero-order valence-corrected chi connectivity index (χ0v) is 24.0. The standard InChI is InChI=1S/C39H38N2/c40-41-39(37-31(25-11-3-1-4-12-25)19-21-33-29-17-9-7-15-27(29)23-35(33)37)38-32(26-13-5-2-6-14-26)20-22-34-30-18-10-8-16-28(30)24-36(34)38/h7-10,15-22,25-26H,1-6,11-14,23-24H2. The second-order valence-corrected chi connectivity index (χ2v) is 12.9. The number of nitrogens with zero attached hydrogens (tertiary/aromatic N) is 2. The summed E-state index contributed by atoms with van der Waals surface area (Å²) < 4.78 is 0. The van der Waals surface area contributed by atoms with Gasteiger partial charge < -0.3 is 5.53 Å². The van der Waals surface area contributed by atoms with Crippen LogP contribution in [0.5, 0.6) is 0 Å². The van der Waals surface area contributed by atoms with Crippen molar-refractivity contribution in [2.24, 2.45) is 0 Å². The van der Waals surface area contributed by atoms with E-state index in [0.717, 1.165) is 18.6 Å². The van der Waals surface area contributed by atoms with Gasteiger partial charge in [-0.2, -0.15) is 4.79 Å². The first-order chi connectivity index (χ1) is 20.3. The largest absolute Gasteiger partial charge is 0.361 e. The first-order valence-electron chi connectivity index (χ1n) is 16.0. The molecule has 4 aromatic carbocycles. The molecule has 0 spiro atoms. The Kier molecular flexibility index (Phi) is 6.26. The zero-order valence-electron chi connectivity index (χ0n) is 24.0. The van der Waals surface area contributed by atoms with Crippen LogP contribution in [0.4, 0.5) is 0 Å². The molecular weight excluding hydrogens is 496 g/mol. The summed E-state index contributed by atoms with van der Waals surface area (Å²) in [4.78, 5) is 4.34. The quantitative estimate of drug-likeness (QED) is 0.123. The van der Waals surface area contributed by atoms with Gasteiger partial charge in [-0.05, 0) is 106 Å². The average molecular weight is 535 g/mol. The first kappa shape index (κ1) is 25.0. The predicted molar refractivity (Wildman–Crippen MR) is 168 cm³/mol. The summed E-state index contributed by atoms with van der Waals surface area (Å²) >= 11 is 0. The molecule has 41 heavy (non-hydrogen) atoms. The molecule has 2 heteroatoms. The van der Waals surface area contributed by atoms with Crippen LogP contribution in [0.3, 0.4) is 0 Å². The van der Waals surface area contributed by atoms with E-state index in [-0.39, 0.29) is 0 Å². The monoisotopic (exact) mass is 534 g/mol. The molecule has 0 heterocycles. The number of fused-ring (bicyclic) bond motifs is 6. The average Bonchev–Trinajstić information content (AvgIpc) is 3.61. The minimum absolute atomic E-state index is 0.525. The molecule has 0 N–H and O–H groups in total. The molecule has 0 atom stereocenters. The highest BCUT2D eigenvalue weighted by atomic mass is 14.9. The van der Waals surface area contributed by atoms with Crippen LogP contribution in [0.25, 0.3) is 27.8 Å². The Morgan fingerprint density at radius 3 is 1.39 bits per heavy atom. The molecule has 2 nitrogen and oxygen atoms in total. The smallest absolute Gasteiger partial charge is 0.330 e. The van der Waals surface area contributed by atoms with Crippen molar-refractivity contribution in [3.8, 4) is 22.3 Å². The van der Waals surface area contributed by atoms with E-state index in [1.54, 1.807) is 0 Å². The Morgan fingerprint density at radius 2 is 0.951 bits per heavy atom. The van der Waals surface area contributed by atoms with Gasteiger partial charge in [0.15, 0.2) is 0 Å². The van der Waals surface area contributed by atoms with E-state index in [2.05, 4.69) is 77.6 Å². The molecule has 8 rings (SSSR count). The Balaban J connectivity index is 1.39. The molecule has 0 aromatic heterocycles. The van der Waals surface area contributed by atoms with Gasteiger partial charge in [0.1, 0.15) is 0 Å². The van der Waals surface area contributed by atoms with E-state index in [1.165, 1.54) is 131 Å². The fourth-order valence-corrected chi connectivity index (χ4v) is 8.75. The van der Waals surface area contributed by atoms with Crippen LogP contribution in [0.15, 0.2) is 72.8 Å². The van der Waals surface area contributed by atoms with Crippen molar-refractivity contribution in [3.63, 3.8) is 0 Å². The lowest BCUT2D eigenvalue weighted by molar-refractivity contribution is -0.00308. The van der Waals surface area contributed by atoms with Crippen LogP contribution in [0.2, 0.25) is 0 Å². The van der Waals surface area contributed by atoms with Crippen molar-refractivity contribution >= 4 is 5.71 Å². The summed E-state index contributed by atoms with van der Waals surface area (Å²) in [6.45, 7) is 0. The van der Waals surface area contributed by atoms with Crippen LogP contribution in [0.1, 0.15) is 121 Å². The summed E-state index contributed by atoms with van der Waals surface area (Å²) in [5, 5.41) is 0. The maximum atomic E-state index is 11.2. The van der Waals surface area contributed by atoms with Crippen molar-refractivity contribution < 1.29 is 4.79 Å². The number of hydrogen-bond donors (Lipinski definition) is 0. The predicted octanol–water partition coefficient (Wildman–Crippen LogP) is 9.99. The fourth-order valence-electron chi connectivity index (χ4n) is 8.75. The van der Waals surface area contributed by atoms with Crippen LogP contribution < -0.4 is 0 Å². The van der Waals surface area contributed by atoms with Crippen molar-refractivity contribution in [1.29, 1.82) is 0 Å². The lowest BCUT2D eigenvalue weighted by Gasteiger charge is -2.27. The molecule has 4 aliphatic rings. The summed E-state index contributed by atoms with van der Waals surface area (Å²) in [5.41, 5.74) is 28.1. The maximum Gasteiger partial charge on any atom is 0.330 e. The van der Waals surface area contributed by atoms with Crippen LogP contribution in [-0.4, -0.2) is 10.5 Å². The van der Waals surface area contributed by atoms with Gasteiger partial charge >= 0.3 is 5.71 Å². The van der Waals surface area contributed by atoms with Gasteiger partial charge in [0.25, 0.3) is 0 Å². The van der Waals surface area contributed by atoms with E-state index in [4.69, 9.17) is 0 Å². The highest BCUT2D eigenvalue weighted by molar-refractivity contribution is 6.15. The van der Waals surface area contributed by atoms with Gasteiger partial charge in [-0.15, -0.1) is 0 Å². The molecule has 0 saturated heterocycles. The van der Waals surface area contributed by atoms with Crippen LogP contribution in [-0.2, 0) is 12.8 Å². The van der Waals surface area contributed by atoms with Gasteiger partial charge in [-0.25, -0.2) is 0 Å². The van der Waals surface area contributed by atoms with E-state index in [1.807, 2.05) is 0 Å². The minimum Gasteiger partial charge on any atom is -0.361 e. The van der Waals surface area contributed by atoms with Gasteiger partial charge in [0.2, 0.25) is 0 Å². The lowest BCUT2D eigenvalue weighted by Crippen LogP contribution is -2.20. The maximum absolute atomic E-state index is 11.2. The molecule has 0 amide bonds. The van der Waals surface area contributed by atoms with E-state index in [0.29, 0.717) is 11.8 Å². The molecule has 0 bridgehead atoms. The first-order valence-corrected chi connectivity index (χ1v) is 16.0. The Bertz CT molecular complexity index is 1590. The van der Waals surface area contributed by atoms with Gasteiger partial charge in [-0.3, -0.25) is 0 Å². The molecule has 2 saturated carbocycles. The summed E-state index contributed by atoms with van der Waals surface area (Å²) in [6, 6.07) is 27.3. The Hall–Kier alpha value is -3.74. The number of benzene rings is 4. The van der Waals surface area contributed by atoms with Gasteiger partial charge in [0, 0.05) is 0 Å². The Morgan fingerprint density at radius 1 is 0.512 bits per heavy atom. The van der Waals surface area contributed by atoms with Crippen molar-refractivity contribution in [2.45, 2.75) is 88.9 Å². The minimum atomic E-state index is 0.525. The van der Waals surface area contributed by atoms with Gasteiger partial charge in [-0.1, -0.05) is 111 Å². The second kappa shape index (κ2) is 10.3. The highest BCUT2D eigenvalue weighted by Crippen LogP contribution is 2.48. The topological polar surface area (TPSA) is 36.4 Å².